The van der Waals surface area contributed by atoms with Crippen LogP contribution in [0.25, 0.3) is 10.9 Å². The van der Waals surface area contributed by atoms with Gasteiger partial charge in [0.2, 0.25) is 17.7 Å². The molecule has 0 aliphatic rings. The fraction of sp³-hybridized carbons (Fsp3) is 0.480. The largest absolute Gasteiger partial charge is 0.481 e. The van der Waals surface area contributed by atoms with Crippen LogP contribution in [0.2, 0.25) is 0 Å². The van der Waals surface area contributed by atoms with Gasteiger partial charge in [-0.3, -0.25) is 19.2 Å². The zero-order chi connectivity index (χ0) is 29.1. The maximum Gasteiger partial charge on any atom is 0.326 e. The van der Waals surface area contributed by atoms with Gasteiger partial charge in [0.25, 0.3) is 0 Å². The summed E-state index contributed by atoms with van der Waals surface area (Å²) in [6.07, 6.45) is 0.523. The van der Waals surface area contributed by atoms with E-state index in [2.05, 4.69) is 20.9 Å². The maximum atomic E-state index is 13.2. The first-order valence-electron chi connectivity index (χ1n) is 12.5. The zero-order valence-electron chi connectivity index (χ0n) is 21.6. The molecule has 5 atom stereocenters. The predicted octanol–water partition coefficient (Wildman–Crippen LogP) is -1.44. The van der Waals surface area contributed by atoms with Crippen molar-refractivity contribution < 1.29 is 39.3 Å². The number of nitrogens with one attached hydrogen (secondary N) is 4. The number of nitrogens with two attached hydrogens (primary N) is 2. The summed E-state index contributed by atoms with van der Waals surface area (Å²) in [5.41, 5.74) is 12.6. The van der Waals surface area contributed by atoms with Crippen molar-refractivity contribution in [1.82, 2.24) is 20.9 Å². The number of fused-ring (bicyclic) bond motifs is 1. The Morgan fingerprint density at radius 3 is 2.15 bits per heavy atom. The number of carbonyl (C=O) groups excluding carboxylic acids is 3. The van der Waals surface area contributed by atoms with Gasteiger partial charge in [-0.05, 0) is 44.4 Å². The van der Waals surface area contributed by atoms with E-state index in [9.17, 15) is 39.3 Å². The van der Waals surface area contributed by atoms with E-state index in [1.165, 1.54) is 6.92 Å². The molecular weight excluding hydrogens is 512 g/mol. The number of para-hydroxylation sites is 1. The maximum absolute atomic E-state index is 13.2. The van der Waals surface area contributed by atoms with E-state index in [1.54, 1.807) is 12.3 Å². The van der Waals surface area contributed by atoms with Crippen molar-refractivity contribution >= 4 is 40.6 Å². The smallest absolute Gasteiger partial charge is 0.326 e. The third-order valence-corrected chi connectivity index (χ3v) is 6.13. The highest BCUT2D eigenvalue weighted by atomic mass is 16.4. The van der Waals surface area contributed by atoms with Crippen molar-refractivity contribution in [1.29, 1.82) is 0 Å². The number of hydrogen-bond donors (Lipinski definition) is 9. The van der Waals surface area contributed by atoms with Crippen LogP contribution in [0.15, 0.2) is 30.5 Å². The van der Waals surface area contributed by atoms with Gasteiger partial charge in [0.15, 0.2) is 0 Å². The topological polar surface area (TPSA) is 250 Å². The second kappa shape index (κ2) is 14.8. The SMILES string of the molecule is CC(O)C(N)C(=O)NC(CC(=O)O)C(=O)NC(CCCCN)C(=O)NC(Cc1c[nH]c2ccccc12)C(=O)O. The van der Waals surface area contributed by atoms with Crippen molar-refractivity contribution in [3.8, 4) is 0 Å². The molecule has 14 heteroatoms. The fourth-order valence-electron chi connectivity index (χ4n) is 3.90. The second-order valence-corrected chi connectivity index (χ2v) is 9.23. The molecule has 0 fully saturated rings. The molecule has 1 heterocycles. The Balaban J connectivity index is 2.20. The van der Waals surface area contributed by atoms with Gasteiger partial charge >= 0.3 is 11.9 Å². The number of hydrogen-bond acceptors (Lipinski definition) is 8. The van der Waals surface area contributed by atoms with Gasteiger partial charge in [-0.25, -0.2) is 4.79 Å². The van der Waals surface area contributed by atoms with Crippen molar-refractivity contribution in [2.45, 2.75) is 69.3 Å². The number of amides is 3. The normalized spacial score (nSPS) is 15.0. The summed E-state index contributed by atoms with van der Waals surface area (Å²) >= 11 is 0. The molecule has 0 radical (unpaired) electrons. The average Bonchev–Trinajstić information content (AvgIpc) is 3.29. The van der Waals surface area contributed by atoms with Gasteiger partial charge in [-0.2, -0.15) is 0 Å². The molecule has 2 rings (SSSR count). The summed E-state index contributed by atoms with van der Waals surface area (Å²) in [5, 5.41) is 36.4. The van der Waals surface area contributed by atoms with Crippen LogP contribution in [0, 0.1) is 0 Å². The first-order chi connectivity index (χ1) is 18.4. The van der Waals surface area contributed by atoms with Crippen molar-refractivity contribution in [2.24, 2.45) is 11.5 Å². The molecule has 0 saturated heterocycles. The minimum atomic E-state index is -1.61. The lowest BCUT2D eigenvalue weighted by Crippen LogP contribution is -2.58. The van der Waals surface area contributed by atoms with Crippen LogP contribution < -0.4 is 27.4 Å². The standard InChI is InChI=1S/C25H36N6O8/c1-13(32)21(27)24(37)30-18(11-20(33)34)23(36)29-17(8-4-5-9-26)22(35)31-19(25(38)39)10-14-12-28-16-7-3-2-6-15(14)16/h2-3,6-7,12-13,17-19,21,28,32H,4-5,8-11,26-27H2,1H3,(H,29,36)(H,30,37)(H,31,35)(H,33,34)(H,38,39). The van der Waals surface area contributed by atoms with E-state index in [1.807, 2.05) is 18.2 Å². The molecule has 0 spiro atoms. The molecule has 0 aliphatic heterocycles. The molecule has 0 saturated carbocycles. The van der Waals surface area contributed by atoms with Crippen LogP contribution in [0.1, 0.15) is 38.2 Å². The Morgan fingerprint density at radius 2 is 1.54 bits per heavy atom. The van der Waals surface area contributed by atoms with E-state index in [0.29, 0.717) is 24.9 Å². The molecule has 5 unspecified atom stereocenters. The van der Waals surface area contributed by atoms with Gasteiger partial charge in [0, 0.05) is 23.5 Å². The summed E-state index contributed by atoms with van der Waals surface area (Å²) in [7, 11) is 0. The highest BCUT2D eigenvalue weighted by Crippen LogP contribution is 2.19. The molecule has 11 N–H and O–H groups in total. The van der Waals surface area contributed by atoms with Crippen molar-refractivity contribution in [3.05, 3.63) is 36.0 Å². The summed E-state index contributed by atoms with van der Waals surface area (Å²) in [6, 6.07) is 1.68. The van der Waals surface area contributed by atoms with Crippen LogP contribution in [-0.2, 0) is 30.4 Å². The highest BCUT2D eigenvalue weighted by molar-refractivity contribution is 5.96. The number of carboxylic acid groups (broad SMARTS) is 2. The number of benzene rings is 1. The van der Waals surface area contributed by atoms with Gasteiger partial charge in [-0.1, -0.05) is 18.2 Å². The first kappa shape index (κ1) is 31.2. The van der Waals surface area contributed by atoms with E-state index in [-0.39, 0.29) is 12.8 Å². The van der Waals surface area contributed by atoms with Gasteiger partial charge < -0.3 is 47.7 Å². The molecule has 2 aromatic rings. The molecule has 1 aromatic heterocycles. The number of aliphatic carboxylic acids is 2. The first-order valence-corrected chi connectivity index (χ1v) is 12.5. The Morgan fingerprint density at radius 1 is 0.923 bits per heavy atom. The third kappa shape index (κ3) is 9.35. The monoisotopic (exact) mass is 548 g/mol. The quantitative estimate of drug-likeness (QED) is 0.110. The van der Waals surface area contributed by atoms with Crippen molar-refractivity contribution in [2.75, 3.05) is 6.54 Å². The lowest BCUT2D eigenvalue weighted by atomic mass is 10.0. The summed E-state index contributed by atoms with van der Waals surface area (Å²) in [6.45, 7) is 1.57. The van der Waals surface area contributed by atoms with E-state index >= 15 is 0 Å². The summed E-state index contributed by atoms with van der Waals surface area (Å²) in [5.74, 6) is -5.44. The number of rotatable bonds is 16. The molecule has 0 bridgehead atoms. The number of H-pyrrole nitrogens is 1. The summed E-state index contributed by atoms with van der Waals surface area (Å²) in [4.78, 5) is 64.7. The molecule has 1 aromatic carbocycles. The van der Waals surface area contributed by atoms with E-state index in [4.69, 9.17) is 11.5 Å². The summed E-state index contributed by atoms with van der Waals surface area (Å²) < 4.78 is 0. The lowest BCUT2D eigenvalue weighted by Gasteiger charge is -2.25. The van der Waals surface area contributed by atoms with Crippen LogP contribution in [0.4, 0.5) is 0 Å². The third-order valence-electron chi connectivity index (χ3n) is 6.13. The van der Waals surface area contributed by atoms with E-state index in [0.717, 1.165) is 10.9 Å². The Labute approximate surface area is 224 Å². The predicted molar refractivity (Wildman–Crippen MR) is 140 cm³/mol. The zero-order valence-corrected chi connectivity index (χ0v) is 21.6. The number of aliphatic hydroxyl groups excluding tert-OH is 1. The lowest BCUT2D eigenvalue weighted by molar-refractivity contribution is -0.143. The van der Waals surface area contributed by atoms with Gasteiger partial charge in [-0.15, -0.1) is 0 Å². The van der Waals surface area contributed by atoms with E-state index < -0.39 is 66.4 Å². The van der Waals surface area contributed by atoms with Crippen LogP contribution >= 0.6 is 0 Å². The van der Waals surface area contributed by atoms with Crippen molar-refractivity contribution in [3.63, 3.8) is 0 Å². The number of carbonyl (C=O) groups is 5. The molecule has 14 nitrogen and oxygen atoms in total. The second-order valence-electron chi connectivity index (χ2n) is 9.23. The average molecular weight is 549 g/mol. The van der Waals surface area contributed by atoms with Gasteiger partial charge in [0.05, 0.1) is 12.5 Å². The van der Waals surface area contributed by atoms with Gasteiger partial charge in [0.1, 0.15) is 24.2 Å². The number of carboxylic acids is 2. The Bertz CT molecular complexity index is 1170. The minimum Gasteiger partial charge on any atom is -0.481 e. The number of unbranched alkanes of at least 4 members (excludes halogenated alkanes) is 1. The molecule has 214 valence electrons. The number of aromatic amines is 1. The highest BCUT2D eigenvalue weighted by Gasteiger charge is 2.32. The number of aliphatic hydroxyl groups is 1. The molecular formula is C25H36N6O8. The van der Waals surface area contributed by atoms with Crippen LogP contribution in [0.3, 0.4) is 0 Å². The van der Waals surface area contributed by atoms with Crippen LogP contribution in [-0.4, -0.2) is 86.8 Å². The Hall–Kier alpha value is -4.01. The minimum absolute atomic E-state index is 0.0382. The molecule has 39 heavy (non-hydrogen) atoms. The Kier molecular flexibility index (Phi) is 11.8. The van der Waals surface area contributed by atoms with Crippen LogP contribution in [0.5, 0.6) is 0 Å². The fourth-order valence-corrected chi connectivity index (χ4v) is 3.90. The molecule has 0 aliphatic carbocycles. The number of aromatic nitrogens is 1. The molecule has 3 amide bonds.